The second kappa shape index (κ2) is 7.09. The van der Waals surface area contributed by atoms with Gasteiger partial charge in [-0.3, -0.25) is 14.6 Å². The van der Waals surface area contributed by atoms with Gasteiger partial charge in [-0.1, -0.05) is 18.2 Å². The Morgan fingerprint density at radius 2 is 1.85 bits per heavy atom. The van der Waals surface area contributed by atoms with Gasteiger partial charge in [-0.2, -0.15) is 0 Å². The first-order valence-corrected chi connectivity index (χ1v) is 11.1. The second-order valence-electron chi connectivity index (χ2n) is 9.03. The maximum absolute atomic E-state index is 13.4. The third-order valence-corrected chi connectivity index (χ3v) is 6.80. The lowest BCUT2D eigenvalue weighted by Crippen LogP contribution is -2.26. The highest BCUT2D eigenvalue weighted by molar-refractivity contribution is 5.99. The number of rotatable bonds is 5. The summed E-state index contributed by atoms with van der Waals surface area (Å²) in [7, 11) is 0. The largest absolute Gasteiger partial charge is 0.586 e. The van der Waals surface area contributed by atoms with E-state index in [9.17, 15) is 18.4 Å². The van der Waals surface area contributed by atoms with Crippen LogP contribution in [0.15, 0.2) is 48.5 Å². The summed E-state index contributed by atoms with van der Waals surface area (Å²) >= 11 is 0. The Balaban J connectivity index is 1.26. The van der Waals surface area contributed by atoms with Crippen molar-refractivity contribution in [3.63, 3.8) is 0 Å². The number of fused-ring (bicyclic) bond motifs is 2. The zero-order chi connectivity index (χ0) is 23.7. The molecule has 0 radical (unpaired) electrons. The molecule has 1 N–H and O–H groups in total. The van der Waals surface area contributed by atoms with Crippen LogP contribution in [0.4, 0.5) is 8.78 Å². The number of ether oxygens (including phenoxy) is 2. The number of hydrogen-bond acceptors (Lipinski definition) is 5. The van der Waals surface area contributed by atoms with Gasteiger partial charge in [0, 0.05) is 29.8 Å². The molecule has 1 aromatic heterocycles. The van der Waals surface area contributed by atoms with Crippen LogP contribution in [-0.2, 0) is 23.2 Å². The molecule has 0 atom stereocenters. The van der Waals surface area contributed by atoms with Crippen LogP contribution in [0.2, 0.25) is 0 Å². The average molecular weight is 462 g/mol. The number of carbonyl (C=O) groups is 2. The molecule has 2 aromatic carbocycles. The fourth-order valence-electron chi connectivity index (χ4n) is 4.77. The van der Waals surface area contributed by atoms with Crippen molar-refractivity contribution >= 4 is 11.7 Å². The molecular weight excluding hydrogens is 442 g/mol. The van der Waals surface area contributed by atoms with E-state index in [4.69, 9.17) is 4.98 Å². The quantitative estimate of drug-likeness (QED) is 0.606. The molecule has 3 aromatic rings. The predicted molar refractivity (Wildman–Crippen MR) is 118 cm³/mol. The van der Waals surface area contributed by atoms with Gasteiger partial charge in [-0.25, -0.2) is 0 Å². The molecule has 1 amide bonds. The molecule has 0 unspecified atom stereocenters. The van der Waals surface area contributed by atoms with Crippen LogP contribution in [0.3, 0.4) is 0 Å². The first kappa shape index (κ1) is 20.8. The first-order valence-electron chi connectivity index (χ1n) is 11.1. The highest BCUT2D eigenvalue weighted by Crippen LogP contribution is 2.52. The lowest BCUT2D eigenvalue weighted by atomic mass is 9.88. The summed E-state index contributed by atoms with van der Waals surface area (Å²) < 4.78 is 35.8. The van der Waals surface area contributed by atoms with Crippen molar-refractivity contribution in [2.45, 2.75) is 44.4 Å². The summed E-state index contributed by atoms with van der Waals surface area (Å²) in [6.45, 7) is 2.44. The predicted octanol–water partition coefficient (Wildman–Crippen LogP) is 4.47. The van der Waals surface area contributed by atoms with Crippen LogP contribution in [0.1, 0.15) is 45.6 Å². The molecule has 0 bridgehead atoms. The van der Waals surface area contributed by atoms with Crippen LogP contribution in [0, 0.1) is 6.92 Å². The maximum Gasteiger partial charge on any atom is 0.586 e. The smallest absolute Gasteiger partial charge is 0.395 e. The zero-order valence-electron chi connectivity index (χ0n) is 18.3. The molecule has 1 aliphatic carbocycles. The molecule has 1 fully saturated rings. The number of hydrogen-bond donors (Lipinski definition) is 1. The fraction of sp³-hybridized carbons (Fsp3) is 0.269. The van der Waals surface area contributed by atoms with Crippen LogP contribution in [0.5, 0.6) is 11.5 Å². The van der Waals surface area contributed by atoms with Gasteiger partial charge in [0.25, 0.3) is 5.91 Å². The molecule has 1 saturated carbocycles. The van der Waals surface area contributed by atoms with E-state index in [0.717, 1.165) is 22.4 Å². The molecule has 3 heterocycles. The lowest BCUT2D eigenvalue weighted by molar-refractivity contribution is -0.286. The normalized spacial score (nSPS) is 18.4. The van der Waals surface area contributed by atoms with E-state index in [1.165, 1.54) is 12.1 Å². The summed E-state index contributed by atoms with van der Waals surface area (Å²) in [6, 6.07) is 14.0. The van der Waals surface area contributed by atoms with Crippen molar-refractivity contribution in [1.82, 2.24) is 10.3 Å². The molecule has 0 spiro atoms. The highest BCUT2D eigenvalue weighted by Gasteiger charge is 2.52. The molecule has 0 saturated heterocycles. The molecule has 34 heavy (non-hydrogen) atoms. The SMILES string of the molecule is Cc1ccc(CC(=O)C2(c3ccc4c(c3)OC(F)(F)O4)CC2)nc1-c1ccc2c(c1)CNC2=O. The summed E-state index contributed by atoms with van der Waals surface area (Å²) in [4.78, 5) is 30.0. The number of carbonyl (C=O) groups excluding carboxylic acids is 2. The number of halogens is 2. The lowest BCUT2D eigenvalue weighted by Gasteiger charge is -2.16. The van der Waals surface area contributed by atoms with E-state index >= 15 is 0 Å². The highest BCUT2D eigenvalue weighted by atomic mass is 19.3. The van der Waals surface area contributed by atoms with Crippen LogP contribution in [-0.4, -0.2) is 23.0 Å². The number of nitrogens with one attached hydrogen (secondary N) is 1. The van der Waals surface area contributed by atoms with Gasteiger partial charge >= 0.3 is 6.29 Å². The maximum atomic E-state index is 13.4. The van der Waals surface area contributed by atoms with E-state index in [2.05, 4.69) is 14.8 Å². The average Bonchev–Trinajstić information content (AvgIpc) is 3.45. The van der Waals surface area contributed by atoms with E-state index in [0.29, 0.717) is 36.2 Å². The van der Waals surface area contributed by atoms with Crippen molar-refractivity contribution in [3.8, 4) is 22.8 Å². The van der Waals surface area contributed by atoms with E-state index in [1.54, 1.807) is 12.1 Å². The topological polar surface area (TPSA) is 77.5 Å². The molecular formula is C26H20F2N2O4. The minimum absolute atomic E-state index is 0.0100. The van der Waals surface area contributed by atoms with Crippen LogP contribution < -0.4 is 14.8 Å². The van der Waals surface area contributed by atoms with Gasteiger partial charge in [0.1, 0.15) is 5.78 Å². The standard InChI is InChI=1S/C26H20F2N2O4/c1-14-2-5-18(30-23(14)15-3-6-19-16(10-15)13-29-24(19)32)12-22(31)25(8-9-25)17-4-7-20-21(11-17)34-26(27,28)33-20/h2-7,10-11H,8-9,12-13H2,1H3,(H,29,32). The van der Waals surface area contributed by atoms with Gasteiger partial charge in [0.2, 0.25) is 0 Å². The molecule has 6 rings (SSSR count). The Morgan fingerprint density at radius 1 is 1.06 bits per heavy atom. The van der Waals surface area contributed by atoms with Gasteiger partial charge in [0.05, 0.1) is 11.1 Å². The number of ketones is 1. The second-order valence-corrected chi connectivity index (χ2v) is 9.03. The Hall–Kier alpha value is -3.81. The molecule has 8 heteroatoms. The number of alkyl halides is 2. The molecule has 2 aliphatic heterocycles. The van der Waals surface area contributed by atoms with Gasteiger partial charge < -0.3 is 14.8 Å². The summed E-state index contributed by atoms with van der Waals surface area (Å²) in [6.07, 6.45) is -2.27. The van der Waals surface area contributed by atoms with Crippen molar-refractivity contribution < 1.29 is 27.8 Å². The minimum Gasteiger partial charge on any atom is -0.395 e. The summed E-state index contributed by atoms with van der Waals surface area (Å²) in [5, 5.41) is 2.81. The van der Waals surface area contributed by atoms with Crippen LogP contribution in [0.25, 0.3) is 11.3 Å². The Kier molecular flexibility index (Phi) is 4.33. The van der Waals surface area contributed by atoms with E-state index < -0.39 is 11.7 Å². The van der Waals surface area contributed by atoms with Crippen molar-refractivity contribution in [2.75, 3.05) is 0 Å². The Bertz CT molecular complexity index is 1380. The number of pyridine rings is 1. The van der Waals surface area contributed by atoms with Crippen molar-refractivity contribution in [3.05, 3.63) is 76.5 Å². The summed E-state index contributed by atoms with van der Waals surface area (Å²) in [5.74, 6) is -0.174. The van der Waals surface area contributed by atoms with Crippen molar-refractivity contribution in [2.24, 2.45) is 0 Å². The summed E-state index contributed by atoms with van der Waals surface area (Å²) in [5.41, 5.74) is 4.79. The number of Topliss-reactive ketones (excluding diaryl/α,β-unsaturated/α-hetero) is 1. The number of amides is 1. The zero-order valence-corrected chi connectivity index (χ0v) is 18.3. The monoisotopic (exact) mass is 462 g/mol. The number of benzene rings is 2. The Morgan fingerprint density at radius 3 is 2.65 bits per heavy atom. The number of aromatic nitrogens is 1. The van der Waals surface area contributed by atoms with Gasteiger partial charge in [0.15, 0.2) is 11.5 Å². The molecule has 3 aliphatic rings. The molecule has 6 nitrogen and oxygen atoms in total. The fourth-order valence-corrected chi connectivity index (χ4v) is 4.77. The number of nitrogens with zero attached hydrogens (tertiary/aromatic N) is 1. The van der Waals surface area contributed by atoms with E-state index in [-0.39, 0.29) is 29.6 Å². The minimum atomic E-state index is -3.69. The molecule has 172 valence electrons. The van der Waals surface area contributed by atoms with Crippen LogP contribution >= 0.6 is 0 Å². The van der Waals surface area contributed by atoms with Crippen molar-refractivity contribution in [1.29, 1.82) is 0 Å². The first-order chi connectivity index (χ1) is 16.2. The van der Waals surface area contributed by atoms with Gasteiger partial charge in [-0.15, -0.1) is 8.78 Å². The third-order valence-electron chi connectivity index (χ3n) is 6.80. The number of aryl methyl sites for hydroxylation is 1. The Labute approximate surface area is 193 Å². The third kappa shape index (κ3) is 3.32. The van der Waals surface area contributed by atoms with E-state index in [1.807, 2.05) is 31.2 Å². The van der Waals surface area contributed by atoms with Gasteiger partial charge in [-0.05, 0) is 66.8 Å².